The Balaban J connectivity index is 1.98. The molecule has 20 heavy (non-hydrogen) atoms. The molecular formula is C14H19N3O2S. The maximum Gasteiger partial charge on any atom is 0.231 e. The molecule has 1 fully saturated rings. The smallest absolute Gasteiger partial charge is 0.231 e. The first-order valence-electron chi connectivity index (χ1n) is 6.71. The van der Waals surface area contributed by atoms with Crippen LogP contribution in [0.15, 0.2) is 12.7 Å². The third-order valence-corrected chi connectivity index (χ3v) is 4.32. The van der Waals surface area contributed by atoms with E-state index >= 15 is 0 Å². The SMILES string of the molecule is C=CCN1C[C@H](C(=O)Nc2nc(CC)c(C)s2)CC1=O. The van der Waals surface area contributed by atoms with Crippen molar-refractivity contribution < 1.29 is 9.59 Å². The predicted molar refractivity (Wildman–Crippen MR) is 79.7 cm³/mol. The van der Waals surface area contributed by atoms with Gasteiger partial charge in [0.05, 0.1) is 11.6 Å². The number of aryl methyl sites for hydroxylation is 2. The molecule has 0 unspecified atom stereocenters. The molecule has 0 aromatic carbocycles. The average molecular weight is 293 g/mol. The second kappa shape index (κ2) is 6.17. The monoisotopic (exact) mass is 293 g/mol. The van der Waals surface area contributed by atoms with Gasteiger partial charge in [-0.25, -0.2) is 4.98 Å². The van der Waals surface area contributed by atoms with Crippen molar-refractivity contribution in [3.8, 4) is 0 Å². The Morgan fingerprint density at radius 2 is 2.40 bits per heavy atom. The lowest BCUT2D eigenvalue weighted by atomic mass is 10.1. The molecule has 1 N–H and O–H groups in total. The van der Waals surface area contributed by atoms with Crippen LogP contribution in [0.25, 0.3) is 0 Å². The van der Waals surface area contributed by atoms with E-state index in [4.69, 9.17) is 0 Å². The van der Waals surface area contributed by atoms with E-state index in [0.29, 0.717) is 18.2 Å². The summed E-state index contributed by atoms with van der Waals surface area (Å²) in [5.74, 6) is -0.410. The number of likely N-dealkylation sites (tertiary alicyclic amines) is 1. The standard InChI is InChI=1S/C14H19N3O2S/c1-4-6-17-8-10(7-12(17)18)13(19)16-14-15-11(5-2)9(3)20-14/h4,10H,1,5-8H2,2-3H3,(H,15,16,19)/t10-/m1/s1. The zero-order chi connectivity index (χ0) is 14.7. The molecule has 0 radical (unpaired) electrons. The molecule has 1 saturated heterocycles. The van der Waals surface area contributed by atoms with Gasteiger partial charge < -0.3 is 10.2 Å². The Kier molecular flexibility index (Phi) is 4.54. The van der Waals surface area contributed by atoms with Gasteiger partial charge in [-0.1, -0.05) is 13.0 Å². The average Bonchev–Trinajstić information content (AvgIpc) is 2.94. The van der Waals surface area contributed by atoms with Gasteiger partial charge in [0.15, 0.2) is 5.13 Å². The molecule has 1 aliphatic rings. The van der Waals surface area contributed by atoms with Crippen molar-refractivity contribution in [1.29, 1.82) is 0 Å². The van der Waals surface area contributed by atoms with Crippen LogP contribution in [0.4, 0.5) is 5.13 Å². The highest BCUT2D eigenvalue weighted by molar-refractivity contribution is 7.15. The summed E-state index contributed by atoms with van der Waals surface area (Å²) in [7, 11) is 0. The number of aromatic nitrogens is 1. The maximum atomic E-state index is 12.2. The van der Waals surface area contributed by atoms with E-state index in [1.54, 1.807) is 11.0 Å². The number of rotatable bonds is 5. The normalized spacial score (nSPS) is 18.4. The number of hydrogen-bond donors (Lipinski definition) is 1. The summed E-state index contributed by atoms with van der Waals surface area (Å²) in [5.41, 5.74) is 1.01. The lowest BCUT2D eigenvalue weighted by molar-refractivity contribution is -0.127. The van der Waals surface area contributed by atoms with Gasteiger partial charge in [-0.05, 0) is 13.3 Å². The van der Waals surface area contributed by atoms with Gasteiger partial charge in [-0.3, -0.25) is 9.59 Å². The Morgan fingerprint density at radius 1 is 1.65 bits per heavy atom. The van der Waals surface area contributed by atoms with Gasteiger partial charge >= 0.3 is 0 Å². The molecule has 2 rings (SSSR count). The van der Waals surface area contributed by atoms with Crippen LogP contribution in [0.5, 0.6) is 0 Å². The van der Waals surface area contributed by atoms with Gasteiger partial charge in [-0.15, -0.1) is 17.9 Å². The van der Waals surface area contributed by atoms with Crippen molar-refractivity contribution in [3.63, 3.8) is 0 Å². The van der Waals surface area contributed by atoms with Crippen molar-refractivity contribution in [2.24, 2.45) is 5.92 Å². The lowest BCUT2D eigenvalue weighted by Crippen LogP contribution is -2.28. The minimum Gasteiger partial charge on any atom is -0.338 e. The second-order valence-electron chi connectivity index (χ2n) is 4.85. The van der Waals surface area contributed by atoms with Crippen molar-refractivity contribution in [1.82, 2.24) is 9.88 Å². The molecule has 0 aliphatic carbocycles. The minimum absolute atomic E-state index is 0.00890. The highest BCUT2D eigenvalue weighted by Crippen LogP contribution is 2.24. The fourth-order valence-electron chi connectivity index (χ4n) is 2.30. The van der Waals surface area contributed by atoms with Crippen molar-refractivity contribution in [3.05, 3.63) is 23.2 Å². The van der Waals surface area contributed by atoms with Gasteiger partial charge in [0.2, 0.25) is 11.8 Å². The zero-order valence-electron chi connectivity index (χ0n) is 11.8. The Hall–Kier alpha value is -1.69. The quantitative estimate of drug-likeness (QED) is 0.844. The first-order chi connectivity index (χ1) is 9.55. The van der Waals surface area contributed by atoms with Crippen LogP contribution in [0.2, 0.25) is 0 Å². The van der Waals surface area contributed by atoms with Crippen LogP contribution >= 0.6 is 11.3 Å². The van der Waals surface area contributed by atoms with Crippen LogP contribution in [0, 0.1) is 12.8 Å². The molecular weight excluding hydrogens is 274 g/mol. The highest BCUT2D eigenvalue weighted by atomic mass is 32.1. The Labute approximate surface area is 122 Å². The number of hydrogen-bond acceptors (Lipinski definition) is 4. The second-order valence-corrected chi connectivity index (χ2v) is 6.06. The van der Waals surface area contributed by atoms with E-state index in [-0.39, 0.29) is 24.2 Å². The Bertz CT molecular complexity index is 539. The van der Waals surface area contributed by atoms with Crippen LogP contribution in [0.1, 0.15) is 23.9 Å². The molecule has 2 amide bonds. The number of carbonyl (C=O) groups is 2. The summed E-state index contributed by atoms with van der Waals surface area (Å²) in [4.78, 5) is 31.1. The largest absolute Gasteiger partial charge is 0.338 e. The number of nitrogens with one attached hydrogen (secondary N) is 1. The molecule has 0 spiro atoms. The lowest BCUT2D eigenvalue weighted by Gasteiger charge is -2.13. The van der Waals surface area contributed by atoms with Crippen molar-refractivity contribution in [2.75, 3.05) is 18.4 Å². The van der Waals surface area contributed by atoms with E-state index in [2.05, 4.69) is 16.9 Å². The highest BCUT2D eigenvalue weighted by Gasteiger charge is 2.33. The van der Waals surface area contributed by atoms with E-state index < -0.39 is 0 Å². The summed E-state index contributed by atoms with van der Waals surface area (Å²) in [5, 5.41) is 3.45. The van der Waals surface area contributed by atoms with Crippen molar-refractivity contribution in [2.45, 2.75) is 26.7 Å². The van der Waals surface area contributed by atoms with E-state index in [9.17, 15) is 9.59 Å². The molecule has 0 bridgehead atoms. The summed E-state index contributed by atoms with van der Waals surface area (Å²) in [6.45, 7) is 8.61. The number of carbonyl (C=O) groups excluding carboxylic acids is 2. The molecule has 1 aromatic rings. The fraction of sp³-hybridized carbons (Fsp3) is 0.500. The Morgan fingerprint density at radius 3 is 3.00 bits per heavy atom. The molecule has 1 aliphatic heterocycles. The molecule has 1 aromatic heterocycles. The van der Waals surface area contributed by atoms with E-state index in [1.165, 1.54) is 11.3 Å². The number of amides is 2. The predicted octanol–water partition coefficient (Wildman–Crippen LogP) is 1.99. The number of anilines is 1. The van der Waals surface area contributed by atoms with Crippen LogP contribution in [-0.4, -0.2) is 34.8 Å². The molecule has 5 nitrogen and oxygen atoms in total. The van der Waals surface area contributed by atoms with E-state index in [0.717, 1.165) is 17.0 Å². The van der Waals surface area contributed by atoms with Gasteiger partial charge in [0.25, 0.3) is 0 Å². The first-order valence-corrected chi connectivity index (χ1v) is 7.52. The molecule has 1 atom stereocenters. The maximum absolute atomic E-state index is 12.2. The molecule has 108 valence electrons. The van der Waals surface area contributed by atoms with E-state index in [1.807, 2.05) is 13.8 Å². The number of thiazole rings is 1. The summed E-state index contributed by atoms with van der Waals surface area (Å²) in [6.07, 6.45) is 2.80. The summed E-state index contributed by atoms with van der Waals surface area (Å²) >= 11 is 1.48. The first kappa shape index (κ1) is 14.7. The molecule has 6 heteroatoms. The third-order valence-electron chi connectivity index (χ3n) is 3.39. The van der Waals surface area contributed by atoms with Crippen LogP contribution < -0.4 is 5.32 Å². The van der Waals surface area contributed by atoms with Crippen molar-refractivity contribution >= 4 is 28.3 Å². The molecule has 2 heterocycles. The van der Waals surface area contributed by atoms with Gasteiger partial charge in [0, 0.05) is 24.4 Å². The topological polar surface area (TPSA) is 62.3 Å². The summed E-state index contributed by atoms with van der Waals surface area (Å²) < 4.78 is 0. The fourth-order valence-corrected chi connectivity index (χ4v) is 3.20. The third kappa shape index (κ3) is 3.07. The van der Waals surface area contributed by atoms with Crippen LogP contribution in [0.3, 0.4) is 0 Å². The minimum atomic E-state index is -0.295. The molecule has 0 saturated carbocycles. The van der Waals surface area contributed by atoms with Crippen LogP contribution in [-0.2, 0) is 16.0 Å². The zero-order valence-corrected chi connectivity index (χ0v) is 12.6. The van der Waals surface area contributed by atoms with Gasteiger partial charge in [0.1, 0.15) is 0 Å². The summed E-state index contributed by atoms with van der Waals surface area (Å²) in [6, 6.07) is 0. The van der Waals surface area contributed by atoms with Gasteiger partial charge in [-0.2, -0.15) is 0 Å². The number of nitrogens with zero attached hydrogens (tertiary/aromatic N) is 2.